The Balaban J connectivity index is 2.14. The summed E-state index contributed by atoms with van der Waals surface area (Å²) in [4.78, 5) is 10.8. The summed E-state index contributed by atoms with van der Waals surface area (Å²) >= 11 is 11.7. The first-order chi connectivity index (χ1) is 7.58. The van der Waals surface area contributed by atoms with E-state index in [1.165, 1.54) is 0 Å². The second kappa shape index (κ2) is 4.62. The number of hydrogen-bond acceptors (Lipinski definition) is 2. The number of carboxylic acid groups (broad SMARTS) is 1. The van der Waals surface area contributed by atoms with E-state index in [4.69, 9.17) is 28.3 Å². The van der Waals surface area contributed by atoms with Crippen molar-refractivity contribution in [1.29, 1.82) is 0 Å². The lowest BCUT2D eigenvalue weighted by Gasteiger charge is -2.12. The molecule has 3 nitrogen and oxygen atoms in total. The summed E-state index contributed by atoms with van der Waals surface area (Å²) in [6, 6.07) is 4.98. The Morgan fingerprint density at radius 1 is 1.31 bits per heavy atom. The van der Waals surface area contributed by atoms with Gasteiger partial charge in [-0.15, -0.1) is 0 Å². The molecular weight excluding hydrogens is 249 g/mol. The lowest BCUT2D eigenvalue weighted by molar-refractivity contribution is -0.139. The van der Waals surface area contributed by atoms with Crippen molar-refractivity contribution >= 4 is 29.2 Å². The molecule has 0 aromatic heterocycles. The highest BCUT2D eigenvalue weighted by Crippen LogP contribution is 2.31. The van der Waals surface area contributed by atoms with Crippen LogP contribution >= 0.6 is 23.2 Å². The lowest BCUT2D eigenvalue weighted by atomic mass is 10.1. The number of rotatable bonds is 2. The molecule has 16 heavy (non-hydrogen) atoms. The average molecular weight is 260 g/mol. The van der Waals surface area contributed by atoms with Crippen molar-refractivity contribution < 1.29 is 9.90 Å². The van der Waals surface area contributed by atoms with Gasteiger partial charge in [-0.1, -0.05) is 29.3 Å². The number of nitrogens with one attached hydrogen (secondary N) is 1. The fourth-order valence-electron chi connectivity index (χ4n) is 1.93. The van der Waals surface area contributed by atoms with Crippen molar-refractivity contribution in [2.24, 2.45) is 0 Å². The maximum Gasteiger partial charge on any atom is 0.320 e. The van der Waals surface area contributed by atoms with Gasteiger partial charge in [0, 0.05) is 6.04 Å². The molecule has 0 saturated carbocycles. The van der Waals surface area contributed by atoms with Crippen LogP contribution in [0.2, 0.25) is 10.0 Å². The molecule has 2 unspecified atom stereocenters. The summed E-state index contributed by atoms with van der Waals surface area (Å²) in [6.07, 6.45) is 1.44. The predicted molar refractivity (Wildman–Crippen MR) is 63.0 cm³/mol. The highest BCUT2D eigenvalue weighted by atomic mass is 35.5. The van der Waals surface area contributed by atoms with E-state index in [1.807, 2.05) is 6.07 Å². The molecule has 86 valence electrons. The molecule has 1 aromatic carbocycles. The molecule has 2 N–H and O–H groups in total. The second-order valence-corrected chi connectivity index (χ2v) is 4.68. The van der Waals surface area contributed by atoms with Crippen LogP contribution in [0.1, 0.15) is 24.4 Å². The third-order valence-corrected chi connectivity index (χ3v) is 3.53. The first-order valence-corrected chi connectivity index (χ1v) is 5.77. The summed E-state index contributed by atoms with van der Waals surface area (Å²) < 4.78 is 0. The molecule has 0 bridgehead atoms. The third kappa shape index (κ3) is 2.32. The minimum Gasteiger partial charge on any atom is -0.480 e. The quantitative estimate of drug-likeness (QED) is 0.859. The van der Waals surface area contributed by atoms with E-state index in [2.05, 4.69) is 5.32 Å². The van der Waals surface area contributed by atoms with Gasteiger partial charge in [0.2, 0.25) is 0 Å². The molecule has 1 saturated heterocycles. The Kier molecular flexibility index (Phi) is 3.38. The number of carboxylic acids is 1. The molecule has 2 rings (SSSR count). The fourth-order valence-corrected chi connectivity index (χ4v) is 2.24. The van der Waals surface area contributed by atoms with Crippen molar-refractivity contribution in [2.75, 3.05) is 0 Å². The zero-order valence-electron chi connectivity index (χ0n) is 8.41. The highest BCUT2D eigenvalue weighted by Gasteiger charge is 2.29. The maximum atomic E-state index is 10.8. The molecule has 0 aliphatic carbocycles. The first kappa shape index (κ1) is 11.7. The van der Waals surface area contributed by atoms with Gasteiger partial charge in [-0.2, -0.15) is 0 Å². The lowest BCUT2D eigenvalue weighted by Crippen LogP contribution is -2.31. The van der Waals surface area contributed by atoms with Gasteiger partial charge in [-0.25, -0.2) is 0 Å². The zero-order valence-corrected chi connectivity index (χ0v) is 9.92. The smallest absolute Gasteiger partial charge is 0.320 e. The normalized spacial score (nSPS) is 24.6. The summed E-state index contributed by atoms with van der Waals surface area (Å²) in [5.41, 5.74) is 0.984. The largest absolute Gasteiger partial charge is 0.480 e. The standard InChI is InChI=1S/C11H11Cl2NO2/c12-7-2-1-6(5-8(7)13)9-3-4-10(14-9)11(15)16/h1-2,5,9-10,14H,3-4H2,(H,15,16). The number of benzene rings is 1. The minimum absolute atomic E-state index is 0.0517. The van der Waals surface area contributed by atoms with Crippen molar-refractivity contribution in [3.8, 4) is 0 Å². The van der Waals surface area contributed by atoms with Gasteiger partial charge >= 0.3 is 5.97 Å². The minimum atomic E-state index is -0.803. The van der Waals surface area contributed by atoms with Crippen LogP contribution in [0.3, 0.4) is 0 Å². The van der Waals surface area contributed by atoms with Crippen LogP contribution < -0.4 is 5.32 Å². The van der Waals surface area contributed by atoms with Crippen molar-refractivity contribution in [3.05, 3.63) is 33.8 Å². The number of hydrogen-bond donors (Lipinski definition) is 2. The number of aliphatic carboxylic acids is 1. The Hall–Kier alpha value is -0.770. The third-order valence-electron chi connectivity index (χ3n) is 2.79. The Labute approximate surface area is 103 Å². The topological polar surface area (TPSA) is 49.3 Å². The molecule has 1 aliphatic heterocycles. The summed E-state index contributed by atoms with van der Waals surface area (Å²) in [7, 11) is 0. The van der Waals surface area contributed by atoms with Crippen LogP contribution in [0, 0.1) is 0 Å². The van der Waals surface area contributed by atoms with Crippen LogP contribution in [0.5, 0.6) is 0 Å². The van der Waals surface area contributed by atoms with Crippen LogP contribution in [0.25, 0.3) is 0 Å². The van der Waals surface area contributed by atoms with E-state index in [1.54, 1.807) is 12.1 Å². The molecule has 2 atom stereocenters. The molecule has 1 aliphatic rings. The van der Waals surface area contributed by atoms with Gasteiger partial charge in [-0.05, 0) is 30.5 Å². The van der Waals surface area contributed by atoms with E-state index in [9.17, 15) is 4.79 Å². The van der Waals surface area contributed by atoms with E-state index < -0.39 is 12.0 Å². The van der Waals surface area contributed by atoms with E-state index in [0.29, 0.717) is 16.5 Å². The van der Waals surface area contributed by atoms with E-state index in [0.717, 1.165) is 12.0 Å². The van der Waals surface area contributed by atoms with Gasteiger partial charge < -0.3 is 5.11 Å². The van der Waals surface area contributed by atoms with Crippen molar-refractivity contribution in [1.82, 2.24) is 5.32 Å². The summed E-state index contributed by atoms with van der Waals surface area (Å²) in [5.74, 6) is -0.803. The Morgan fingerprint density at radius 3 is 2.62 bits per heavy atom. The maximum absolute atomic E-state index is 10.8. The van der Waals surface area contributed by atoms with Gasteiger partial charge in [0.25, 0.3) is 0 Å². The van der Waals surface area contributed by atoms with E-state index in [-0.39, 0.29) is 6.04 Å². The molecular formula is C11H11Cl2NO2. The molecule has 1 aromatic rings. The van der Waals surface area contributed by atoms with Gasteiger partial charge in [0.05, 0.1) is 10.0 Å². The molecule has 1 heterocycles. The summed E-state index contributed by atoms with van der Waals surface area (Å²) in [5, 5.41) is 12.9. The summed E-state index contributed by atoms with van der Waals surface area (Å²) in [6.45, 7) is 0. The molecule has 0 spiro atoms. The molecule has 0 radical (unpaired) electrons. The van der Waals surface area contributed by atoms with Crippen molar-refractivity contribution in [2.45, 2.75) is 24.9 Å². The zero-order chi connectivity index (χ0) is 11.7. The molecule has 1 fully saturated rings. The van der Waals surface area contributed by atoms with Crippen LogP contribution in [-0.2, 0) is 4.79 Å². The van der Waals surface area contributed by atoms with Crippen LogP contribution in [0.4, 0.5) is 0 Å². The first-order valence-electron chi connectivity index (χ1n) is 5.01. The monoisotopic (exact) mass is 259 g/mol. The average Bonchev–Trinajstić information content (AvgIpc) is 2.71. The SMILES string of the molecule is O=C(O)C1CCC(c2ccc(Cl)c(Cl)c2)N1. The molecule has 0 amide bonds. The van der Waals surface area contributed by atoms with Crippen LogP contribution in [-0.4, -0.2) is 17.1 Å². The number of halogens is 2. The van der Waals surface area contributed by atoms with Gasteiger partial charge in [-0.3, -0.25) is 10.1 Å². The van der Waals surface area contributed by atoms with E-state index >= 15 is 0 Å². The van der Waals surface area contributed by atoms with Gasteiger partial charge in [0.15, 0.2) is 0 Å². The predicted octanol–water partition coefficient (Wildman–Crippen LogP) is 2.87. The van der Waals surface area contributed by atoms with Crippen molar-refractivity contribution in [3.63, 3.8) is 0 Å². The van der Waals surface area contributed by atoms with Gasteiger partial charge in [0.1, 0.15) is 6.04 Å². The Bertz CT molecular complexity index is 422. The van der Waals surface area contributed by atoms with Crippen LogP contribution in [0.15, 0.2) is 18.2 Å². The molecule has 5 heteroatoms. The Morgan fingerprint density at radius 2 is 2.06 bits per heavy atom. The highest BCUT2D eigenvalue weighted by molar-refractivity contribution is 6.42. The fraction of sp³-hybridized carbons (Fsp3) is 0.364. The number of carbonyl (C=O) groups is 1. The second-order valence-electron chi connectivity index (χ2n) is 3.86.